The molecule has 1 aliphatic heterocycles. The summed E-state index contributed by atoms with van der Waals surface area (Å²) >= 11 is 0. The van der Waals surface area contributed by atoms with E-state index in [-0.39, 0.29) is 53.4 Å². The number of ether oxygens (including phenoxy) is 6. The summed E-state index contributed by atoms with van der Waals surface area (Å²) in [5.41, 5.74) is -1.03. The first kappa shape index (κ1) is 55.1. The largest absolute Gasteiger partial charge is 0.508 e. The number of hydrogen-bond acceptors (Lipinski definition) is 11. The second-order valence-corrected chi connectivity index (χ2v) is 20.0. The average Bonchev–Trinajstić information content (AvgIpc) is 3.50. The van der Waals surface area contributed by atoms with Gasteiger partial charge in [0.1, 0.15) is 40.3 Å². The van der Waals surface area contributed by atoms with Gasteiger partial charge in [-0.1, -0.05) is 58.9 Å². The summed E-state index contributed by atoms with van der Waals surface area (Å²) in [6, 6.07) is 21.8. The van der Waals surface area contributed by atoms with Gasteiger partial charge < -0.3 is 33.5 Å². The second-order valence-electron chi connectivity index (χ2n) is 20.0. The van der Waals surface area contributed by atoms with Crippen molar-refractivity contribution < 1.29 is 52.7 Å². The number of esters is 4. The Kier molecular flexibility index (Phi) is 19.5. The van der Waals surface area contributed by atoms with Crippen LogP contribution in [0.15, 0.2) is 72.8 Å². The van der Waals surface area contributed by atoms with Crippen molar-refractivity contribution in [1.82, 2.24) is 0 Å². The van der Waals surface area contributed by atoms with Crippen LogP contribution in [0.3, 0.4) is 0 Å². The molecule has 2 atom stereocenters. The normalized spacial score (nSPS) is 16.6. The lowest BCUT2D eigenvalue weighted by Crippen LogP contribution is -2.42. The molecule has 64 heavy (non-hydrogen) atoms. The number of cyclic esters (lactones) is 1. The first-order valence-corrected chi connectivity index (χ1v) is 22.7. The van der Waals surface area contributed by atoms with E-state index in [1.54, 1.807) is 26.0 Å². The summed E-state index contributed by atoms with van der Waals surface area (Å²) in [6.45, 7) is 33.0. The molecule has 1 fully saturated rings. The number of carbonyl (C=O) groups excluding carboxylic acids is 4. The van der Waals surface area contributed by atoms with E-state index >= 15 is 0 Å². The van der Waals surface area contributed by atoms with Gasteiger partial charge in [-0.25, -0.2) is 0 Å². The third kappa shape index (κ3) is 16.5. The van der Waals surface area contributed by atoms with Gasteiger partial charge in [0, 0.05) is 0 Å². The Morgan fingerprint density at radius 3 is 1.34 bits per heavy atom. The summed E-state index contributed by atoms with van der Waals surface area (Å²) in [6.07, 6.45) is 3.20. The van der Waals surface area contributed by atoms with Crippen molar-refractivity contribution >= 4 is 23.9 Å². The van der Waals surface area contributed by atoms with Gasteiger partial charge in [-0.2, -0.15) is 0 Å². The molecule has 0 radical (unpaired) electrons. The Morgan fingerprint density at radius 2 is 0.984 bits per heavy atom. The summed E-state index contributed by atoms with van der Waals surface area (Å²) in [5.74, 6) is 1.17. The van der Waals surface area contributed by atoms with Gasteiger partial charge in [0.25, 0.3) is 0 Å². The molecule has 0 bridgehead atoms. The fourth-order valence-electron chi connectivity index (χ4n) is 5.25. The van der Waals surface area contributed by atoms with E-state index in [1.165, 1.54) is 12.1 Å². The molecule has 2 unspecified atom stereocenters. The fourth-order valence-corrected chi connectivity index (χ4v) is 5.25. The second kappa shape index (κ2) is 22.7. The Hall–Kier alpha value is -5.06. The molecule has 4 rings (SSSR count). The van der Waals surface area contributed by atoms with Gasteiger partial charge in [-0.3, -0.25) is 19.2 Å². The van der Waals surface area contributed by atoms with Crippen molar-refractivity contribution in [3.63, 3.8) is 0 Å². The number of aromatic hydroxyl groups is 1. The molecule has 1 N–H and O–H groups in total. The molecule has 3 aromatic carbocycles. The topological polar surface area (TPSA) is 144 Å². The van der Waals surface area contributed by atoms with Crippen molar-refractivity contribution in [1.29, 1.82) is 0 Å². The molecular formula is C53H78O11. The molecule has 356 valence electrons. The number of rotatable bonds is 17. The number of phenols is 1. The molecule has 11 nitrogen and oxygen atoms in total. The standard InChI is InChI=1S/C29H42O4.C12H20O4.C12H16O3/c1-10-27(4,5)26(30)31-25(21-13-17-23(18-14-21)32-28(6,7)11-2)22-15-19-24(20-16-22)33-29(8,9)12-3;1-6-11(3,4)10(14)16-12(5)7-9(13)15-8(12)2;1-4-12(2,3)11(14)15-10-7-5-9(13)6-8-10/h13-20,25H,10-12H2,1-9H3;8H,6-7H2,1-5H3;5-8,13H,4H2,1-3H3. The minimum atomic E-state index is -0.819. The van der Waals surface area contributed by atoms with Crippen LogP contribution in [0.5, 0.6) is 23.0 Å². The van der Waals surface area contributed by atoms with Crippen LogP contribution in [0.25, 0.3) is 0 Å². The number of phenolic OH excluding ortho intramolecular Hbond substituents is 1. The van der Waals surface area contributed by atoms with E-state index in [0.29, 0.717) is 18.6 Å². The first-order chi connectivity index (χ1) is 29.5. The number of hydrogen-bond donors (Lipinski definition) is 1. The third-order valence-electron chi connectivity index (χ3n) is 12.4. The number of benzene rings is 3. The SMILES string of the molecule is CCC(C)(C)C(=O)OC1(C)CC(=O)OC1C.CCC(C)(C)C(=O)Oc1ccc(O)cc1.CCC(C)(C)Oc1ccc(C(OC(=O)C(C)(C)CC)c2ccc(OC(C)(C)CC)cc2)cc1. The predicted octanol–water partition coefficient (Wildman–Crippen LogP) is 12.7. The van der Waals surface area contributed by atoms with Crippen LogP contribution in [-0.2, 0) is 33.4 Å². The Labute approximate surface area is 383 Å². The molecule has 0 spiro atoms. The lowest BCUT2D eigenvalue weighted by Gasteiger charge is -2.30. The molecular weight excluding hydrogens is 813 g/mol. The molecule has 0 saturated carbocycles. The molecule has 11 heteroatoms. The number of carbonyl (C=O) groups is 4. The maximum Gasteiger partial charge on any atom is 0.316 e. The highest BCUT2D eigenvalue weighted by molar-refractivity contribution is 5.79. The lowest BCUT2D eigenvalue weighted by molar-refractivity contribution is -0.173. The Balaban J connectivity index is 0.000000376. The molecule has 0 aliphatic carbocycles. The van der Waals surface area contributed by atoms with Gasteiger partial charge in [0.2, 0.25) is 0 Å². The quantitative estimate of drug-likeness (QED) is 0.0785. The zero-order valence-electron chi connectivity index (χ0n) is 41.9. The van der Waals surface area contributed by atoms with Gasteiger partial charge in [0.15, 0.2) is 11.7 Å². The first-order valence-electron chi connectivity index (χ1n) is 22.7. The van der Waals surface area contributed by atoms with Crippen LogP contribution >= 0.6 is 0 Å². The minimum absolute atomic E-state index is 0.139. The maximum atomic E-state index is 13.0. The lowest BCUT2D eigenvalue weighted by atomic mass is 9.89. The zero-order chi connectivity index (χ0) is 48.9. The van der Waals surface area contributed by atoms with E-state index in [4.69, 9.17) is 33.5 Å². The van der Waals surface area contributed by atoms with Crippen LogP contribution in [0.1, 0.15) is 173 Å². The molecule has 1 aliphatic rings. The molecule has 1 heterocycles. The van der Waals surface area contributed by atoms with Gasteiger partial charge in [0.05, 0.1) is 22.7 Å². The average molecular weight is 891 g/mol. The van der Waals surface area contributed by atoms with Crippen LogP contribution in [0.4, 0.5) is 0 Å². The minimum Gasteiger partial charge on any atom is -0.508 e. The van der Waals surface area contributed by atoms with E-state index in [9.17, 15) is 19.2 Å². The van der Waals surface area contributed by atoms with Crippen molar-refractivity contribution in [3.05, 3.63) is 83.9 Å². The van der Waals surface area contributed by atoms with Crippen molar-refractivity contribution in [2.75, 3.05) is 0 Å². The van der Waals surface area contributed by atoms with Gasteiger partial charge in [-0.15, -0.1) is 0 Å². The van der Waals surface area contributed by atoms with Gasteiger partial charge >= 0.3 is 23.9 Å². The summed E-state index contributed by atoms with van der Waals surface area (Å²) in [5, 5.41) is 9.06. The zero-order valence-corrected chi connectivity index (χ0v) is 41.9. The highest BCUT2D eigenvalue weighted by Crippen LogP contribution is 2.36. The smallest absolute Gasteiger partial charge is 0.316 e. The third-order valence-corrected chi connectivity index (χ3v) is 12.4. The monoisotopic (exact) mass is 891 g/mol. The Morgan fingerprint density at radius 1 is 0.609 bits per heavy atom. The molecule has 1 saturated heterocycles. The predicted molar refractivity (Wildman–Crippen MR) is 251 cm³/mol. The molecule has 3 aromatic rings. The van der Waals surface area contributed by atoms with E-state index in [1.807, 2.05) is 111 Å². The Bertz CT molecular complexity index is 1900. The van der Waals surface area contributed by atoms with Crippen LogP contribution in [-0.4, -0.2) is 51.9 Å². The fraction of sp³-hybridized carbons (Fsp3) is 0.585. The summed E-state index contributed by atoms with van der Waals surface area (Å²) in [4.78, 5) is 47.7. The van der Waals surface area contributed by atoms with Gasteiger partial charge in [-0.05, 0) is 175 Å². The summed E-state index contributed by atoms with van der Waals surface area (Å²) < 4.78 is 33.9. The van der Waals surface area contributed by atoms with Crippen molar-refractivity contribution in [2.24, 2.45) is 16.2 Å². The van der Waals surface area contributed by atoms with Crippen LogP contribution in [0.2, 0.25) is 0 Å². The molecule has 0 amide bonds. The highest BCUT2D eigenvalue weighted by Gasteiger charge is 2.48. The molecule has 0 aromatic heterocycles. The highest BCUT2D eigenvalue weighted by atomic mass is 16.6. The maximum absolute atomic E-state index is 13.0. The van der Waals surface area contributed by atoms with Crippen molar-refractivity contribution in [3.8, 4) is 23.0 Å². The van der Waals surface area contributed by atoms with Crippen LogP contribution < -0.4 is 14.2 Å². The van der Waals surface area contributed by atoms with Crippen molar-refractivity contribution in [2.45, 2.75) is 185 Å². The van der Waals surface area contributed by atoms with E-state index in [2.05, 4.69) is 41.5 Å². The summed E-state index contributed by atoms with van der Waals surface area (Å²) in [7, 11) is 0. The van der Waals surface area contributed by atoms with E-state index in [0.717, 1.165) is 41.9 Å². The van der Waals surface area contributed by atoms with E-state index < -0.39 is 27.9 Å². The van der Waals surface area contributed by atoms with Crippen LogP contribution in [0, 0.1) is 16.2 Å².